The molecule has 0 N–H and O–H groups in total. The molecule has 1 aliphatic carbocycles. The highest BCUT2D eigenvalue weighted by molar-refractivity contribution is 5.83. The number of halogens is 1. The number of ether oxygens (including phenoxy) is 2. The molecular weight excluding hydrogens is 275 g/mol. The molecule has 2 atom stereocenters. The monoisotopic (exact) mass is 294 g/mol. The average molecular weight is 294 g/mol. The first-order valence-corrected chi connectivity index (χ1v) is 7.26. The third-order valence-corrected chi connectivity index (χ3v) is 3.71. The molecule has 0 aromatic heterocycles. The van der Waals surface area contributed by atoms with Crippen LogP contribution in [0.1, 0.15) is 32.6 Å². The van der Waals surface area contributed by atoms with Crippen LogP contribution in [0, 0.1) is 17.7 Å². The van der Waals surface area contributed by atoms with Gasteiger partial charge in [0.2, 0.25) is 0 Å². The quantitative estimate of drug-likeness (QED) is 0.632. The Balaban J connectivity index is 2.08. The highest BCUT2D eigenvalue weighted by atomic mass is 19.1. The van der Waals surface area contributed by atoms with E-state index in [0.29, 0.717) is 12.8 Å². The van der Waals surface area contributed by atoms with Gasteiger partial charge in [0.15, 0.2) is 11.6 Å². The molecule has 0 amide bonds. The summed E-state index contributed by atoms with van der Waals surface area (Å²) in [7, 11) is 0. The van der Waals surface area contributed by atoms with Crippen LogP contribution in [0.2, 0.25) is 0 Å². The Morgan fingerprint density at radius 1 is 1.14 bits per heavy atom. The van der Waals surface area contributed by atoms with Crippen LogP contribution in [0.4, 0.5) is 4.39 Å². The number of para-hydroxylation sites is 1. The predicted octanol–water partition coefficient (Wildman–Crippen LogP) is 3.10. The maximum Gasteiger partial charge on any atom is 0.315 e. The van der Waals surface area contributed by atoms with Crippen LogP contribution in [0.25, 0.3) is 0 Å². The Hall–Kier alpha value is -1.91. The second-order valence-electron chi connectivity index (χ2n) is 5.10. The van der Waals surface area contributed by atoms with E-state index in [1.54, 1.807) is 13.0 Å². The Kier molecular flexibility index (Phi) is 5.31. The molecule has 0 radical (unpaired) electrons. The second-order valence-corrected chi connectivity index (χ2v) is 5.10. The molecule has 4 nitrogen and oxygen atoms in total. The lowest BCUT2D eigenvalue weighted by Crippen LogP contribution is -2.36. The Morgan fingerprint density at radius 2 is 1.76 bits per heavy atom. The van der Waals surface area contributed by atoms with Crippen LogP contribution >= 0.6 is 0 Å². The van der Waals surface area contributed by atoms with Crippen molar-refractivity contribution in [2.75, 3.05) is 6.61 Å². The molecule has 0 saturated heterocycles. The molecular formula is C16H19FO4. The molecule has 5 heteroatoms. The van der Waals surface area contributed by atoms with Crippen molar-refractivity contribution in [3.63, 3.8) is 0 Å². The summed E-state index contributed by atoms with van der Waals surface area (Å²) in [6.45, 7) is 2.01. The standard InChI is InChI=1S/C16H19FO4/c1-2-20-15(18)11-7-3-4-8-12(11)16(19)21-14-10-6-5-9-13(14)17/h5-6,9-12H,2-4,7-8H2,1H3. The molecule has 1 aromatic rings. The van der Waals surface area contributed by atoms with Crippen LogP contribution in [-0.4, -0.2) is 18.5 Å². The molecule has 1 saturated carbocycles. The number of hydrogen-bond acceptors (Lipinski definition) is 4. The molecule has 1 aliphatic rings. The van der Waals surface area contributed by atoms with Crippen molar-refractivity contribution < 1.29 is 23.5 Å². The van der Waals surface area contributed by atoms with E-state index in [1.165, 1.54) is 18.2 Å². The summed E-state index contributed by atoms with van der Waals surface area (Å²) in [5.74, 6) is -2.66. The first-order valence-electron chi connectivity index (χ1n) is 7.26. The zero-order valence-electron chi connectivity index (χ0n) is 12.0. The molecule has 0 spiro atoms. The van der Waals surface area contributed by atoms with Gasteiger partial charge in [-0.1, -0.05) is 25.0 Å². The van der Waals surface area contributed by atoms with Crippen molar-refractivity contribution >= 4 is 11.9 Å². The third-order valence-electron chi connectivity index (χ3n) is 3.71. The van der Waals surface area contributed by atoms with Gasteiger partial charge in [-0.15, -0.1) is 0 Å². The molecule has 2 unspecified atom stereocenters. The van der Waals surface area contributed by atoms with Crippen LogP contribution in [0.3, 0.4) is 0 Å². The van der Waals surface area contributed by atoms with Gasteiger partial charge < -0.3 is 9.47 Å². The molecule has 114 valence electrons. The first-order chi connectivity index (χ1) is 10.1. The fourth-order valence-electron chi connectivity index (χ4n) is 2.66. The highest BCUT2D eigenvalue weighted by Gasteiger charge is 2.38. The van der Waals surface area contributed by atoms with Crippen molar-refractivity contribution in [1.82, 2.24) is 0 Å². The highest BCUT2D eigenvalue weighted by Crippen LogP contribution is 2.32. The normalized spacial score (nSPS) is 21.6. The minimum Gasteiger partial charge on any atom is -0.466 e. The van der Waals surface area contributed by atoms with E-state index in [9.17, 15) is 14.0 Å². The fraction of sp³-hybridized carbons (Fsp3) is 0.500. The van der Waals surface area contributed by atoms with Crippen LogP contribution < -0.4 is 4.74 Å². The molecule has 1 fully saturated rings. The Labute approximate surface area is 123 Å². The summed E-state index contributed by atoms with van der Waals surface area (Å²) < 4.78 is 23.7. The lowest BCUT2D eigenvalue weighted by Gasteiger charge is -2.28. The van der Waals surface area contributed by atoms with Crippen molar-refractivity contribution in [2.24, 2.45) is 11.8 Å². The molecule has 0 aliphatic heterocycles. The van der Waals surface area contributed by atoms with E-state index in [4.69, 9.17) is 9.47 Å². The fourth-order valence-corrected chi connectivity index (χ4v) is 2.66. The summed E-state index contributed by atoms with van der Waals surface area (Å²) >= 11 is 0. The topological polar surface area (TPSA) is 52.6 Å². The van der Waals surface area contributed by atoms with Crippen LogP contribution in [0.15, 0.2) is 24.3 Å². The van der Waals surface area contributed by atoms with Crippen LogP contribution in [-0.2, 0) is 14.3 Å². The van der Waals surface area contributed by atoms with E-state index in [0.717, 1.165) is 12.8 Å². The zero-order valence-corrected chi connectivity index (χ0v) is 12.0. The van der Waals surface area contributed by atoms with Gasteiger partial charge in [0.05, 0.1) is 18.4 Å². The molecule has 1 aromatic carbocycles. The lowest BCUT2D eigenvalue weighted by atomic mass is 9.79. The van der Waals surface area contributed by atoms with Gasteiger partial charge >= 0.3 is 11.9 Å². The summed E-state index contributed by atoms with van der Waals surface area (Å²) in [4.78, 5) is 24.2. The van der Waals surface area contributed by atoms with Gasteiger partial charge in [-0.2, -0.15) is 0 Å². The summed E-state index contributed by atoms with van der Waals surface area (Å²) in [5, 5.41) is 0. The van der Waals surface area contributed by atoms with Crippen LogP contribution in [0.5, 0.6) is 5.75 Å². The summed E-state index contributed by atoms with van der Waals surface area (Å²) in [5.41, 5.74) is 0. The van der Waals surface area contributed by atoms with Gasteiger partial charge in [-0.3, -0.25) is 9.59 Å². The molecule has 2 rings (SSSR count). The van der Waals surface area contributed by atoms with Gasteiger partial charge in [0.25, 0.3) is 0 Å². The largest absolute Gasteiger partial charge is 0.466 e. The average Bonchev–Trinajstić information content (AvgIpc) is 2.50. The second kappa shape index (κ2) is 7.20. The number of rotatable bonds is 4. The van der Waals surface area contributed by atoms with Gasteiger partial charge in [0, 0.05) is 0 Å². The number of hydrogen-bond donors (Lipinski definition) is 0. The van der Waals surface area contributed by atoms with Crippen molar-refractivity contribution in [2.45, 2.75) is 32.6 Å². The van der Waals surface area contributed by atoms with Crippen molar-refractivity contribution in [3.05, 3.63) is 30.1 Å². The van der Waals surface area contributed by atoms with Crippen molar-refractivity contribution in [1.29, 1.82) is 0 Å². The SMILES string of the molecule is CCOC(=O)C1CCCCC1C(=O)Oc1ccccc1F. The summed E-state index contributed by atoms with van der Waals surface area (Å²) in [6, 6.07) is 5.74. The third kappa shape index (κ3) is 3.80. The molecule has 0 bridgehead atoms. The lowest BCUT2D eigenvalue weighted by molar-refractivity contribution is -0.158. The minimum absolute atomic E-state index is 0.101. The van der Waals surface area contributed by atoms with Gasteiger partial charge in [-0.25, -0.2) is 4.39 Å². The van der Waals surface area contributed by atoms with E-state index in [2.05, 4.69) is 0 Å². The Morgan fingerprint density at radius 3 is 2.38 bits per heavy atom. The predicted molar refractivity (Wildman–Crippen MR) is 74.1 cm³/mol. The maximum atomic E-state index is 13.5. The number of carbonyl (C=O) groups is 2. The molecule has 21 heavy (non-hydrogen) atoms. The minimum atomic E-state index is -0.589. The number of benzene rings is 1. The van der Waals surface area contributed by atoms with E-state index in [-0.39, 0.29) is 18.3 Å². The van der Waals surface area contributed by atoms with Crippen molar-refractivity contribution in [3.8, 4) is 5.75 Å². The zero-order chi connectivity index (χ0) is 15.2. The number of carbonyl (C=O) groups excluding carboxylic acids is 2. The Bertz CT molecular complexity index is 515. The summed E-state index contributed by atoms with van der Waals surface area (Å²) in [6.07, 6.45) is 2.91. The van der Waals surface area contributed by atoms with E-state index in [1.807, 2.05) is 0 Å². The van der Waals surface area contributed by atoms with E-state index >= 15 is 0 Å². The van der Waals surface area contributed by atoms with Gasteiger partial charge in [0.1, 0.15) is 0 Å². The smallest absolute Gasteiger partial charge is 0.315 e. The van der Waals surface area contributed by atoms with Gasteiger partial charge in [-0.05, 0) is 31.9 Å². The molecule has 0 heterocycles. The number of esters is 2. The maximum absolute atomic E-state index is 13.5. The first kappa shape index (κ1) is 15.5. The van der Waals surface area contributed by atoms with E-state index < -0.39 is 23.6 Å².